The summed E-state index contributed by atoms with van der Waals surface area (Å²) in [6.07, 6.45) is 6.71. The van der Waals surface area contributed by atoms with Crippen molar-refractivity contribution in [2.45, 2.75) is 73.6 Å². The highest BCUT2D eigenvalue weighted by molar-refractivity contribution is 14.1. The van der Waals surface area contributed by atoms with E-state index in [4.69, 9.17) is 11.5 Å². The van der Waals surface area contributed by atoms with Crippen LogP contribution in [0.2, 0.25) is 0 Å². The van der Waals surface area contributed by atoms with Gasteiger partial charge in [0.15, 0.2) is 0 Å². The van der Waals surface area contributed by atoms with Crippen molar-refractivity contribution >= 4 is 47.5 Å². The first kappa shape index (κ1) is 39.9. The van der Waals surface area contributed by atoms with Crippen molar-refractivity contribution in [2.24, 2.45) is 34.0 Å². The summed E-state index contributed by atoms with van der Waals surface area (Å²) >= 11 is 2.27. The molecule has 1 radical (unpaired) electrons. The van der Waals surface area contributed by atoms with Crippen molar-refractivity contribution < 1.29 is 15.1 Å². The molecule has 1 aromatic rings. The number of carbonyl (C=O) groups excluding carboxylic acids is 2. The Morgan fingerprint density at radius 2 is 1.25 bits per heavy atom. The number of halogens is 1. The van der Waals surface area contributed by atoms with E-state index < -0.39 is 0 Å². The van der Waals surface area contributed by atoms with Crippen LogP contribution in [0.4, 0.5) is 0 Å². The highest BCUT2D eigenvalue weighted by atomic mass is 127. The van der Waals surface area contributed by atoms with Crippen molar-refractivity contribution in [3.8, 4) is 0 Å². The zero-order valence-corrected chi connectivity index (χ0v) is 26.4. The molecule has 209 valence electrons. The molecule has 0 aromatic heterocycles. The molecule has 2 rings (SSSR count). The molecule has 0 bridgehead atoms. The Labute approximate surface area is 235 Å². The van der Waals surface area contributed by atoms with E-state index >= 15 is 0 Å². The Hall–Kier alpha value is -0.615. The van der Waals surface area contributed by atoms with Crippen molar-refractivity contribution in [1.82, 2.24) is 4.90 Å². The molecule has 0 saturated heterocycles. The lowest BCUT2D eigenvalue weighted by Crippen LogP contribution is -2.31. The Balaban J connectivity index is -0.000000509. The average molecular weight is 638 g/mol. The molecule has 1 heterocycles. The summed E-state index contributed by atoms with van der Waals surface area (Å²) in [4.78, 5) is 27.7. The SMILES string of the molecule is CC(C)(C)CCCN.CC(C)(C)CCCN1C(=O)c2ccccc2C1=O.NCCCP[B]I.NN.O. The van der Waals surface area contributed by atoms with Crippen LogP contribution in [0.15, 0.2) is 24.3 Å². The van der Waals surface area contributed by atoms with E-state index in [0.717, 1.165) is 40.8 Å². The normalized spacial score (nSPS) is 12.5. The first-order valence-corrected chi connectivity index (χ1v) is 14.7. The maximum absolute atomic E-state index is 12.1. The molecule has 8 nitrogen and oxygen atoms in total. The van der Waals surface area contributed by atoms with E-state index in [0.29, 0.717) is 23.1 Å². The van der Waals surface area contributed by atoms with Crippen molar-refractivity contribution in [3.63, 3.8) is 0 Å². The lowest BCUT2D eigenvalue weighted by atomic mass is 9.90. The number of nitrogens with two attached hydrogens (primary N) is 4. The second kappa shape index (κ2) is 22.4. The smallest absolute Gasteiger partial charge is 0.261 e. The minimum absolute atomic E-state index is 0. The fourth-order valence-electron chi connectivity index (χ4n) is 3.10. The van der Waals surface area contributed by atoms with Gasteiger partial charge in [0, 0.05) is 6.54 Å². The van der Waals surface area contributed by atoms with E-state index in [1.807, 2.05) is 0 Å². The highest BCUT2D eigenvalue weighted by Crippen LogP contribution is 2.25. The molecule has 1 atom stereocenters. The van der Waals surface area contributed by atoms with Crippen LogP contribution < -0.4 is 23.2 Å². The molecule has 2 amide bonds. The van der Waals surface area contributed by atoms with Crippen LogP contribution in [0.5, 0.6) is 0 Å². The second-order valence-electron chi connectivity index (χ2n) is 10.6. The number of carbonyl (C=O) groups is 2. The number of nitrogens with zero attached hydrogens (tertiary/aromatic N) is 1. The van der Waals surface area contributed by atoms with Gasteiger partial charge in [-0.25, -0.2) is 0 Å². The quantitative estimate of drug-likeness (QED) is 0.0608. The third-order valence-corrected chi connectivity index (χ3v) is 7.04. The fourth-order valence-corrected chi connectivity index (χ4v) is 4.55. The summed E-state index contributed by atoms with van der Waals surface area (Å²) in [5.74, 6) is 7.70. The van der Waals surface area contributed by atoms with Crippen molar-refractivity contribution in [2.75, 3.05) is 25.8 Å². The molecule has 0 saturated carbocycles. The summed E-state index contributed by atoms with van der Waals surface area (Å²) in [5.41, 5.74) is 12.4. The third-order valence-electron chi connectivity index (χ3n) is 4.92. The Morgan fingerprint density at radius 3 is 1.58 bits per heavy atom. The lowest BCUT2D eigenvalue weighted by molar-refractivity contribution is 0.0647. The number of hydrazine groups is 1. The van der Waals surface area contributed by atoms with Crippen LogP contribution in [-0.4, -0.2) is 52.8 Å². The number of rotatable bonds is 9. The maximum Gasteiger partial charge on any atom is 0.261 e. The van der Waals surface area contributed by atoms with Gasteiger partial charge in [-0.1, -0.05) is 53.7 Å². The number of imide groups is 1. The molecular weight excluding hydrogens is 587 g/mol. The van der Waals surface area contributed by atoms with Gasteiger partial charge in [0.25, 0.3) is 11.8 Å². The minimum Gasteiger partial charge on any atom is -0.412 e. The Kier molecular flexibility index (Phi) is 24.8. The first-order chi connectivity index (χ1) is 16.4. The summed E-state index contributed by atoms with van der Waals surface area (Å²) in [5, 5.41) is 0. The van der Waals surface area contributed by atoms with Gasteiger partial charge in [-0.2, -0.15) is 22.4 Å². The Bertz CT molecular complexity index is 677. The Morgan fingerprint density at radius 1 is 0.833 bits per heavy atom. The standard InChI is InChI=1S/C15H19NO2.C7H17N.C3H9BINP.H4N2.H2O/c1-15(2,3)9-6-10-16-13(17)11-7-4-5-8-12(11)14(16)18;1-7(2,3)5-4-6-8;5-4-7-3-1-2-6;1-2;/h4-5,7-8H,6,9-10H2,1-3H3;4-6,8H2,1-3H3;7H,1-3,6H2;1-2H2;1H2. The predicted molar refractivity (Wildman–Crippen MR) is 167 cm³/mol. The van der Waals surface area contributed by atoms with E-state index in [2.05, 4.69) is 80.5 Å². The number of amides is 2. The first-order valence-electron chi connectivity index (χ1n) is 12.2. The van der Waals surface area contributed by atoms with Gasteiger partial charge in [-0.3, -0.25) is 26.2 Å². The van der Waals surface area contributed by atoms with Crippen molar-refractivity contribution in [3.05, 3.63) is 35.4 Å². The van der Waals surface area contributed by atoms with Gasteiger partial charge in [0.1, 0.15) is 0 Å². The molecular formula is C25H51BIN5O3P. The lowest BCUT2D eigenvalue weighted by Gasteiger charge is -2.20. The molecule has 1 aliphatic rings. The number of hydrogen-bond acceptors (Lipinski definition) is 6. The summed E-state index contributed by atoms with van der Waals surface area (Å²) in [6.45, 7) is 15.4. The fraction of sp³-hybridized carbons (Fsp3) is 0.680. The van der Waals surface area contributed by atoms with Gasteiger partial charge in [0.05, 0.1) is 11.1 Å². The second-order valence-corrected chi connectivity index (χ2v) is 13.6. The summed E-state index contributed by atoms with van der Waals surface area (Å²) in [7, 11) is 1.00. The van der Waals surface area contributed by atoms with Crippen LogP contribution in [0.3, 0.4) is 0 Å². The van der Waals surface area contributed by atoms with E-state index in [1.165, 1.54) is 23.9 Å². The topological polar surface area (TPSA) is 173 Å². The van der Waals surface area contributed by atoms with Crippen LogP contribution in [0.1, 0.15) is 94.4 Å². The largest absolute Gasteiger partial charge is 0.412 e. The highest BCUT2D eigenvalue weighted by Gasteiger charge is 2.34. The van der Waals surface area contributed by atoms with Crippen LogP contribution >= 0.6 is 30.8 Å². The van der Waals surface area contributed by atoms with E-state index in [9.17, 15) is 9.59 Å². The maximum atomic E-state index is 12.1. The predicted octanol–water partition coefficient (Wildman–Crippen LogP) is 3.86. The number of benzene rings is 1. The van der Waals surface area contributed by atoms with E-state index in [1.54, 1.807) is 24.3 Å². The average Bonchev–Trinajstić information content (AvgIpc) is 3.04. The van der Waals surface area contributed by atoms with E-state index in [-0.39, 0.29) is 22.7 Å². The van der Waals surface area contributed by atoms with Gasteiger partial charge in [-0.15, -0.1) is 8.46 Å². The number of fused-ring (bicyclic) bond motifs is 1. The molecule has 10 N–H and O–H groups in total. The molecule has 1 unspecified atom stereocenters. The molecule has 11 heteroatoms. The molecule has 0 fully saturated rings. The molecule has 36 heavy (non-hydrogen) atoms. The van der Waals surface area contributed by atoms with Gasteiger partial charge < -0.3 is 16.9 Å². The monoisotopic (exact) mass is 638 g/mol. The van der Waals surface area contributed by atoms with Gasteiger partial charge in [0.2, 0.25) is 4.86 Å². The number of hydrogen-bond donors (Lipinski definition) is 4. The molecule has 0 aliphatic carbocycles. The van der Waals surface area contributed by atoms with Crippen LogP contribution in [-0.2, 0) is 0 Å². The van der Waals surface area contributed by atoms with Gasteiger partial charge >= 0.3 is 0 Å². The van der Waals surface area contributed by atoms with Crippen molar-refractivity contribution in [1.29, 1.82) is 0 Å². The minimum atomic E-state index is -0.149. The summed E-state index contributed by atoms with van der Waals surface area (Å²) < 4.78 is 0. The molecule has 1 aliphatic heterocycles. The van der Waals surface area contributed by atoms with Crippen LogP contribution in [0.25, 0.3) is 0 Å². The third kappa shape index (κ3) is 19.5. The van der Waals surface area contributed by atoms with Gasteiger partial charge in [-0.05, 0) is 74.3 Å². The zero-order chi connectivity index (χ0) is 27.5. The van der Waals surface area contributed by atoms with Crippen LogP contribution in [0, 0.1) is 10.8 Å². The molecule has 1 aromatic carbocycles. The molecule has 0 spiro atoms. The summed E-state index contributed by atoms with van der Waals surface area (Å²) in [6, 6.07) is 7.03. The zero-order valence-electron chi connectivity index (χ0n) is 23.2.